The zero-order valence-corrected chi connectivity index (χ0v) is 46.9. The Balaban J connectivity index is 0.000000319. The van der Waals surface area contributed by atoms with Crippen molar-refractivity contribution in [3.05, 3.63) is 214 Å². The van der Waals surface area contributed by atoms with Crippen molar-refractivity contribution >= 4 is 11.9 Å². The van der Waals surface area contributed by atoms with E-state index in [-0.39, 0.29) is 60.6 Å². The number of aryl methyl sites for hydroxylation is 2. The highest BCUT2D eigenvalue weighted by molar-refractivity contribution is 5.81. The molecule has 18 heteroatoms. The molecule has 0 aromatic heterocycles. The van der Waals surface area contributed by atoms with Gasteiger partial charge in [-0.3, -0.25) is 0 Å². The third-order valence-corrected chi connectivity index (χ3v) is 11.7. The van der Waals surface area contributed by atoms with Crippen LogP contribution in [0.4, 0.5) is 35.1 Å². The minimum atomic E-state index is -3.72. The van der Waals surface area contributed by atoms with Crippen molar-refractivity contribution in [1.29, 1.82) is 0 Å². The van der Waals surface area contributed by atoms with Gasteiger partial charge in [-0.1, -0.05) is 60.5 Å². The van der Waals surface area contributed by atoms with E-state index < -0.39 is 58.6 Å². The van der Waals surface area contributed by atoms with Gasteiger partial charge in [0.1, 0.15) is 23.0 Å². The molecule has 2 N–H and O–H groups in total. The standard InChI is InChI=1S/C37H32F4O6.C31H28F4O4/c1-4-34(42)44-24-10-6-8-12-28-14-18-30(19-15-28)36(38,39)46-32-22-23-33(27(3)26-32)47-37(40,41)31-20-16-29(17-21-31)13-9-7-11-25-45-35(43)5-2;1-23-22-28(38-30(32,33)26-14-10-24(11-15-26)8-4-2-6-20-36)18-19-29(23)39-31(34,35)27-16-12-25(13-17-27)9-5-3-7-21-37/h4-5,14-23,26H,1-2,6-7,10-11,24-25H2,3H3;10-19,22,36-37H,2-3,6-7,20-21H2,1H3. The van der Waals surface area contributed by atoms with Crippen molar-refractivity contribution in [3.8, 4) is 70.4 Å². The van der Waals surface area contributed by atoms with E-state index in [1.807, 2.05) is 0 Å². The summed E-state index contributed by atoms with van der Waals surface area (Å²) in [6, 6.07) is 28.0. The molecule has 0 aliphatic rings. The van der Waals surface area contributed by atoms with Gasteiger partial charge in [0.15, 0.2) is 0 Å². The molecule has 0 saturated carbocycles. The van der Waals surface area contributed by atoms with Crippen LogP contribution in [0.2, 0.25) is 0 Å². The van der Waals surface area contributed by atoms with Gasteiger partial charge < -0.3 is 38.6 Å². The summed E-state index contributed by atoms with van der Waals surface area (Å²) in [6.07, 6.45) is -8.68. The molecular formula is C68H60F8O10. The first-order chi connectivity index (χ1) is 41.1. The molecule has 0 aliphatic carbocycles. The summed E-state index contributed by atoms with van der Waals surface area (Å²) >= 11 is 0. The topological polar surface area (TPSA) is 130 Å². The molecule has 6 rings (SSSR count). The smallest absolute Gasteiger partial charge is 0.426 e. The van der Waals surface area contributed by atoms with Crippen LogP contribution in [0.5, 0.6) is 23.0 Å². The summed E-state index contributed by atoms with van der Waals surface area (Å²) in [7, 11) is 0. The molecule has 0 atom stereocenters. The summed E-state index contributed by atoms with van der Waals surface area (Å²) in [4.78, 5) is 22.0. The Morgan fingerprint density at radius 3 is 0.942 bits per heavy atom. The van der Waals surface area contributed by atoms with Crippen molar-refractivity contribution in [3.63, 3.8) is 0 Å². The minimum Gasteiger partial charge on any atom is -0.463 e. The van der Waals surface area contributed by atoms with Crippen LogP contribution in [-0.4, -0.2) is 48.6 Å². The van der Waals surface area contributed by atoms with E-state index in [2.05, 4.69) is 60.5 Å². The third kappa shape index (κ3) is 22.3. The summed E-state index contributed by atoms with van der Waals surface area (Å²) in [5.41, 5.74) is 0.818. The zero-order valence-electron chi connectivity index (χ0n) is 46.9. The molecule has 0 radical (unpaired) electrons. The van der Waals surface area contributed by atoms with Crippen LogP contribution < -0.4 is 18.9 Å². The Labute approximate surface area is 494 Å². The van der Waals surface area contributed by atoms with Crippen LogP contribution >= 0.6 is 0 Å². The number of rotatable bonds is 24. The average molecular weight is 1190 g/mol. The minimum absolute atomic E-state index is 0.0315. The number of hydrogen-bond acceptors (Lipinski definition) is 10. The van der Waals surface area contributed by atoms with Gasteiger partial charge in [0.2, 0.25) is 0 Å². The highest BCUT2D eigenvalue weighted by Crippen LogP contribution is 2.39. The lowest BCUT2D eigenvalue weighted by molar-refractivity contribution is -0.188. The average Bonchev–Trinajstić information content (AvgIpc) is 2.60. The maximum atomic E-state index is 15.0. The molecule has 0 unspecified atom stereocenters. The Bertz CT molecular complexity index is 3480. The molecule has 448 valence electrons. The van der Waals surface area contributed by atoms with Crippen molar-refractivity contribution in [2.45, 2.75) is 89.6 Å². The van der Waals surface area contributed by atoms with Crippen molar-refractivity contribution in [1.82, 2.24) is 0 Å². The first-order valence-electron chi connectivity index (χ1n) is 26.7. The van der Waals surface area contributed by atoms with Crippen molar-refractivity contribution in [2.24, 2.45) is 0 Å². The van der Waals surface area contributed by atoms with Gasteiger partial charge in [0, 0.05) is 73.3 Å². The fraction of sp³-hybridized carbons (Fsp3) is 0.265. The molecule has 0 saturated heterocycles. The Kier molecular flexibility index (Phi) is 25.9. The van der Waals surface area contributed by atoms with Gasteiger partial charge in [-0.25, -0.2) is 9.59 Å². The van der Waals surface area contributed by atoms with Crippen molar-refractivity contribution < 1.29 is 83.3 Å². The van der Waals surface area contributed by atoms with Crippen LogP contribution in [0.25, 0.3) is 0 Å². The predicted molar refractivity (Wildman–Crippen MR) is 307 cm³/mol. The van der Waals surface area contributed by atoms with E-state index in [0.717, 1.165) is 36.4 Å². The number of aliphatic hydroxyl groups excluding tert-OH is 2. The predicted octanol–water partition coefficient (Wildman–Crippen LogP) is 14.5. The van der Waals surface area contributed by atoms with Gasteiger partial charge in [0.05, 0.1) is 35.5 Å². The number of benzene rings is 6. The van der Waals surface area contributed by atoms with E-state index >= 15 is 0 Å². The molecule has 6 aromatic rings. The van der Waals surface area contributed by atoms with Gasteiger partial charge >= 0.3 is 36.4 Å². The van der Waals surface area contributed by atoms with Gasteiger partial charge in [0.25, 0.3) is 0 Å². The quantitative estimate of drug-likeness (QED) is 0.0199. The lowest BCUT2D eigenvalue weighted by atomic mass is 10.1. The zero-order chi connectivity index (χ0) is 62.6. The molecule has 0 bridgehead atoms. The number of ether oxygens (including phenoxy) is 6. The number of carbonyl (C=O) groups excluding carboxylic acids is 2. The number of esters is 2. The van der Waals surface area contributed by atoms with Crippen LogP contribution in [0, 0.1) is 61.2 Å². The summed E-state index contributed by atoms with van der Waals surface area (Å²) in [5.74, 6) is 20.9. The first kappa shape index (κ1) is 67.3. The number of unbranched alkanes of at least 4 members (excludes halogenated alkanes) is 4. The lowest BCUT2D eigenvalue weighted by Crippen LogP contribution is -2.23. The summed E-state index contributed by atoms with van der Waals surface area (Å²) in [5, 5.41) is 17.5. The van der Waals surface area contributed by atoms with E-state index in [4.69, 9.17) is 38.6 Å². The van der Waals surface area contributed by atoms with E-state index in [1.54, 1.807) is 0 Å². The van der Waals surface area contributed by atoms with Gasteiger partial charge in [-0.15, -0.1) is 0 Å². The molecular weight excluding hydrogens is 1130 g/mol. The normalized spacial score (nSPS) is 10.9. The Hall–Kier alpha value is -9.46. The van der Waals surface area contributed by atoms with Crippen LogP contribution in [0.15, 0.2) is 159 Å². The highest BCUT2D eigenvalue weighted by Gasteiger charge is 2.38. The molecule has 0 heterocycles. The van der Waals surface area contributed by atoms with E-state index in [1.165, 1.54) is 123 Å². The highest BCUT2D eigenvalue weighted by atomic mass is 19.3. The van der Waals surface area contributed by atoms with E-state index in [9.17, 15) is 44.7 Å². The number of alkyl halides is 8. The van der Waals surface area contributed by atoms with Crippen LogP contribution in [0.1, 0.15) is 107 Å². The summed E-state index contributed by atoms with van der Waals surface area (Å²) < 4.78 is 148. The molecule has 0 aliphatic heterocycles. The lowest BCUT2D eigenvalue weighted by Gasteiger charge is -2.21. The summed E-state index contributed by atoms with van der Waals surface area (Å²) in [6.45, 7) is 9.95. The molecule has 0 spiro atoms. The number of aliphatic hydroxyl groups is 2. The van der Waals surface area contributed by atoms with Crippen LogP contribution in [-0.2, 0) is 43.5 Å². The Morgan fingerprint density at radius 1 is 0.419 bits per heavy atom. The maximum absolute atomic E-state index is 15.0. The first-order valence-corrected chi connectivity index (χ1v) is 26.7. The monoisotopic (exact) mass is 1190 g/mol. The molecule has 0 amide bonds. The van der Waals surface area contributed by atoms with Crippen LogP contribution in [0.3, 0.4) is 0 Å². The van der Waals surface area contributed by atoms with Gasteiger partial charge in [-0.2, -0.15) is 35.1 Å². The number of carbonyl (C=O) groups is 2. The SMILES string of the molecule is C=CC(=O)OCCCC#Cc1ccc(C(F)(F)Oc2ccc(OC(F)(F)c3ccc(C#CCCCOC(=O)C=C)cc3)c(C)c2)cc1.Cc1cc(OC(F)(F)c2ccc(C#CCCCO)cc2)ccc1OC(F)(F)c1ccc(C#CCCCO)cc1. The molecule has 6 aromatic carbocycles. The molecule has 10 nitrogen and oxygen atoms in total. The Morgan fingerprint density at radius 2 is 0.686 bits per heavy atom. The maximum Gasteiger partial charge on any atom is 0.426 e. The fourth-order valence-electron chi connectivity index (χ4n) is 7.18. The van der Waals surface area contributed by atoms with E-state index in [0.29, 0.717) is 73.6 Å². The number of halogens is 8. The van der Waals surface area contributed by atoms with Crippen molar-refractivity contribution in [2.75, 3.05) is 26.4 Å². The second kappa shape index (κ2) is 33.1. The number of hydrogen-bond donors (Lipinski definition) is 2. The fourth-order valence-corrected chi connectivity index (χ4v) is 7.18. The molecule has 0 fully saturated rings. The van der Waals surface area contributed by atoms with Gasteiger partial charge in [-0.05, 0) is 184 Å². The second-order valence-corrected chi connectivity index (χ2v) is 18.5. The third-order valence-electron chi connectivity index (χ3n) is 11.7. The molecule has 86 heavy (non-hydrogen) atoms. The largest absolute Gasteiger partial charge is 0.463 e. The second-order valence-electron chi connectivity index (χ2n) is 18.5.